The van der Waals surface area contributed by atoms with Crippen molar-refractivity contribution in [3.05, 3.63) is 46.3 Å². The van der Waals surface area contributed by atoms with E-state index in [9.17, 15) is 0 Å². The highest BCUT2D eigenvalue weighted by Crippen LogP contribution is 2.28. The van der Waals surface area contributed by atoms with Crippen molar-refractivity contribution in [3.63, 3.8) is 0 Å². The van der Waals surface area contributed by atoms with Gasteiger partial charge in [-0.1, -0.05) is 41.1 Å². The Labute approximate surface area is 126 Å². The van der Waals surface area contributed by atoms with E-state index < -0.39 is 0 Å². The first-order valence-corrected chi connectivity index (χ1v) is 8.19. The highest BCUT2D eigenvalue weighted by atomic mass is 32.2. The Morgan fingerprint density at radius 3 is 2.65 bits per heavy atom. The van der Waals surface area contributed by atoms with E-state index >= 15 is 0 Å². The molecule has 3 aromatic rings. The second kappa shape index (κ2) is 5.42. The lowest BCUT2D eigenvalue weighted by molar-refractivity contribution is 1.02. The molecule has 0 radical (unpaired) electrons. The molecule has 3 rings (SSSR count). The summed E-state index contributed by atoms with van der Waals surface area (Å²) < 4.78 is 0. The maximum absolute atomic E-state index is 5.96. The maximum atomic E-state index is 5.96. The van der Waals surface area contributed by atoms with Crippen LogP contribution in [-0.4, -0.2) is 9.97 Å². The van der Waals surface area contributed by atoms with E-state index in [1.165, 1.54) is 16.7 Å². The van der Waals surface area contributed by atoms with Crippen LogP contribution in [0, 0.1) is 13.8 Å². The monoisotopic (exact) mass is 301 g/mol. The summed E-state index contributed by atoms with van der Waals surface area (Å²) in [6.45, 7) is 4.24. The predicted molar refractivity (Wildman–Crippen MR) is 87.3 cm³/mol. The number of aromatic nitrogens is 2. The quantitative estimate of drug-likeness (QED) is 0.582. The van der Waals surface area contributed by atoms with E-state index in [4.69, 9.17) is 5.73 Å². The Morgan fingerprint density at radius 2 is 1.90 bits per heavy atom. The van der Waals surface area contributed by atoms with E-state index in [1.807, 2.05) is 11.4 Å². The third-order valence-electron chi connectivity index (χ3n) is 2.98. The number of fused-ring (bicyclic) bond motifs is 1. The minimum absolute atomic E-state index is 0.569. The van der Waals surface area contributed by atoms with Gasteiger partial charge in [0.05, 0.1) is 5.39 Å². The van der Waals surface area contributed by atoms with Gasteiger partial charge in [0.1, 0.15) is 10.6 Å². The Bertz CT molecular complexity index is 745. The van der Waals surface area contributed by atoms with E-state index in [0.717, 1.165) is 21.1 Å². The fourth-order valence-corrected chi connectivity index (χ4v) is 3.83. The molecule has 2 heterocycles. The van der Waals surface area contributed by atoms with Crippen molar-refractivity contribution in [2.75, 3.05) is 5.73 Å². The smallest absolute Gasteiger partial charge is 0.191 e. The van der Waals surface area contributed by atoms with E-state index in [0.29, 0.717) is 5.82 Å². The summed E-state index contributed by atoms with van der Waals surface area (Å²) in [6.07, 6.45) is 0. The predicted octanol–water partition coefficient (Wildman–Crippen LogP) is 4.18. The summed E-state index contributed by atoms with van der Waals surface area (Å²) in [5.41, 5.74) is 9.83. The first-order chi connectivity index (χ1) is 9.61. The fourth-order valence-electron chi connectivity index (χ4n) is 2.22. The molecular weight excluding hydrogens is 286 g/mol. The van der Waals surface area contributed by atoms with Gasteiger partial charge in [-0.25, -0.2) is 9.97 Å². The van der Waals surface area contributed by atoms with Crippen molar-refractivity contribution in [2.24, 2.45) is 0 Å². The molecule has 0 amide bonds. The summed E-state index contributed by atoms with van der Waals surface area (Å²) in [7, 11) is 0. The second-order valence-electron chi connectivity index (χ2n) is 4.82. The van der Waals surface area contributed by atoms with Gasteiger partial charge in [0.2, 0.25) is 0 Å². The molecule has 3 nitrogen and oxygen atoms in total. The molecule has 20 heavy (non-hydrogen) atoms. The van der Waals surface area contributed by atoms with Crippen molar-refractivity contribution in [1.82, 2.24) is 9.97 Å². The molecule has 5 heteroatoms. The number of thioether (sulfide) groups is 1. The van der Waals surface area contributed by atoms with Gasteiger partial charge in [-0.3, -0.25) is 0 Å². The average Bonchev–Trinajstić information content (AvgIpc) is 2.84. The molecule has 0 aliphatic heterocycles. The molecule has 0 saturated carbocycles. The lowest BCUT2D eigenvalue weighted by Gasteiger charge is -2.05. The average molecular weight is 301 g/mol. The van der Waals surface area contributed by atoms with Crippen molar-refractivity contribution >= 4 is 39.1 Å². The fraction of sp³-hybridized carbons (Fsp3) is 0.200. The van der Waals surface area contributed by atoms with Crippen LogP contribution in [-0.2, 0) is 5.75 Å². The van der Waals surface area contributed by atoms with Crippen LogP contribution in [0.15, 0.2) is 34.8 Å². The highest BCUT2D eigenvalue weighted by Gasteiger charge is 2.07. The van der Waals surface area contributed by atoms with Crippen LogP contribution >= 0.6 is 23.1 Å². The zero-order valence-electron chi connectivity index (χ0n) is 11.4. The third-order valence-corrected chi connectivity index (χ3v) is 4.71. The number of nitrogens with two attached hydrogens (primary N) is 1. The van der Waals surface area contributed by atoms with Gasteiger partial charge >= 0.3 is 0 Å². The molecule has 0 aliphatic carbocycles. The van der Waals surface area contributed by atoms with Gasteiger partial charge in [0.15, 0.2) is 5.16 Å². The standard InChI is InChI=1S/C15H15N3S2/c1-9-5-10(2)7-11(6-9)8-20-15-17-13(16)12-3-4-19-14(12)18-15/h3-7H,8H2,1-2H3,(H2,16,17,18). The van der Waals surface area contributed by atoms with Gasteiger partial charge in [0.25, 0.3) is 0 Å². The molecule has 0 saturated heterocycles. The Morgan fingerprint density at radius 1 is 1.15 bits per heavy atom. The van der Waals surface area contributed by atoms with Gasteiger partial charge in [-0.05, 0) is 30.9 Å². The Kier molecular flexibility index (Phi) is 3.63. The Balaban J connectivity index is 1.82. The number of nitrogens with zero attached hydrogens (tertiary/aromatic N) is 2. The molecular formula is C15H15N3S2. The van der Waals surface area contributed by atoms with Crippen LogP contribution in [0.4, 0.5) is 5.82 Å². The number of rotatable bonds is 3. The maximum Gasteiger partial charge on any atom is 0.191 e. The lowest BCUT2D eigenvalue weighted by Crippen LogP contribution is -1.95. The summed E-state index contributed by atoms with van der Waals surface area (Å²) in [5.74, 6) is 1.43. The summed E-state index contributed by atoms with van der Waals surface area (Å²) >= 11 is 3.23. The molecule has 0 aliphatic rings. The summed E-state index contributed by atoms with van der Waals surface area (Å²) in [6, 6.07) is 8.55. The van der Waals surface area contributed by atoms with Crippen molar-refractivity contribution < 1.29 is 0 Å². The van der Waals surface area contributed by atoms with Gasteiger partial charge in [0, 0.05) is 5.75 Å². The molecule has 2 aromatic heterocycles. The molecule has 0 spiro atoms. The second-order valence-corrected chi connectivity index (χ2v) is 6.65. The molecule has 0 atom stereocenters. The van der Waals surface area contributed by atoms with Crippen LogP contribution in [0.5, 0.6) is 0 Å². The number of hydrogen-bond donors (Lipinski definition) is 1. The molecule has 0 fully saturated rings. The summed E-state index contributed by atoms with van der Waals surface area (Å²) in [5, 5.41) is 3.69. The van der Waals surface area contributed by atoms with Gasteiger partial charge in [-0.2, -0.15) is 0 Å². The number of thiophene rings is 1. The number of hydrogen-bond acceptors (Lipinski definition) is 5. The van der Waals surface area contributed by atoms with Crippen LogP contribution in [0.25, 0.3) is 10.2 Å². The van der Waals surface area contributed by atoms with Crippen LogP contribution in [0.2, 0.25) is 0 Å². The highest BCUT2D eigenvalue weighted by molar-refractivity contribution is 7.98. The first-order valence-electron chi connectivity index (χ1n) is 6.32. The van der Waals surface area contributed by atoms with Gasteiger partial charge < -0.3 is 5.73 Å². The normalized spacial score (nSPS) is 11.1. The number of benzene rings is 1. The SMILES string of the molecule is Cc1cc(C)cc(CSc2nc(N)c3ccsc3n2)c1. The Hall–Kier alpha value is -1.59. The zero-order valence-corrected chi connectivity index (χ0v) is 13.0. The zero-order chi connectivity index (χ0) is 14.1. The number of aryl methyl sites for hydroxylation is 2. The van der Waals surface area contributed by atoms with Gasteiger partial charge in [-0.15, -0.1) is 11.3 Å². The minimum atomic E-state index is 0.569. The topological polar surface area (TPSA) is 51.8 Å². The number of nitrogen functional groups attached to an aromatic ring is 1. The molecule has 102 valence electrons. The molecule has 0 unspecified atom stereocenters. The van der Waals surface area contributed by atoms with Crippen molar-refractivity contribution in [1.29, 1.82) is 0 Å². The van der Waals surface area contributed by atoms with E-state index in [1.54, 1.807) is 23.1 Å². The third kappa shape index (κ3) is 2.78. The van der Waals surface area contributed by atoms with Crippen LogP contribution < -0.4 is 5.73 Å². The largest absolute Gasteiger partial charge is 0.383 e. The molecule has 0 bridgehead atoms. The first kappa shape index (κ1) is 13.4. The minimum Gasteiger partial charge on any atom is -0.383 e. The number of anilines is 1. The van der Waals surface area contributed by atoms with E-state index in [-0.39, 0.29) is 0 Å². The van der Waals surface area contributed by atoms with Crippen LogP contribution in [0.1, 0.15) is 16.7 Å². The lowest BCUT2D eigenvalue weighted by atomic mass is 10.1. The molecule has 2 N–H and O–H groups in total. The van der Waals surface area contributed by atoms with E-state index in [2.05, 4.69) is 42.0 Å². The van der Waals surface area contributed by atoms with Crippen molar-refractivity contribution in [3.8, 4) is 0 Å². The summed E-state index contributed by atoms with van der Waals surface area (Å²) in [4.78, 5) is 9.87. The van der Waals surface area contributed by atoms with Crippen molar-refractivity contribution in [2.45, 2.75) is 24.8 Å². The molecule has 1 aromatic carbocycles. The van der Waals surface area contributed by atoms with Crippen LogP contribution in [0.3, 0.4) is 0 Å².